The number of ether oxygens (including phenoxy) is 1. The molecule has 1 atom stereocenters. The highest BCUT2D eigenvalue weighted by Gasteiger charge is 2.10. The lowest BCUT2D eigenvalue weighted by Gasteiger charge is -2.21. The van der Waals surface area contributed by atoms with Crippen molar-refractivity contribution >= 4 is 0 Å². The van der Waals surface area contributed by atoms with Gasteiger partial charge in [-0.2, -0.15) is 0 Å². The van der Waals surface area contributed by atoms with Crippen LogP contribution in [0.15, 0.2) is 36.9 Å². The average Bonchev–Trinajstić information content (AvgIpc) is 2.36. The number of rotatable bonds is 8. The van der Waals surface area contributed by atoms with E-state index in [0.29, 0.717) is 0 Å². The Hall–Kier alpha value is -1.28. The molecule has 0 aromatic heterocycles. The molecule has 0 saturated heterocycles. The molecule has 1 aromatic rings. The molecule has 112 valence electrons. The Morgan fingerprint density at radius 1 is 1.30 bits per heavy atom. The maximum absolute atomic E-state index is 6.05. The van der Waals surface area contributed by atoms with Gasteiger partial charge in [0.25, 0.3) is 0 Å². The van der Waals surface area contributed by atoms with E-state index in [4.69, 9.17) is 4.74 Å². The molecule has 20 heavy (non-hydrogen) atoms. The van der Waals surface area contributed by atoms with Crippen molar-refractivity contribution in [2.24, 2.45) is 0 Å². The Balaban J connectivity index is 2.38. The minimum atomic E-state index is 0.195. The monoisotopic (exact) mass is 275 g/mol. The zero-order valence-electron chi connectivity index (χ0n) is 13.4. The van der Waals surface area contributed by atoms with Crippen molar-refractivity contribution in [3.8, 4) is 5.75 Å². The fourth-order valence-electron chi connectivity index (χ4n) is 2.07. The van der Waals surface area contributed by atoms with Crippen molar-refractivity contribution < 1.29 is 4.74 Å². The second kappa shape index (κ2) is 8.11. The van der Waals surface area contributed by atoms with Gasteiger partial charge in [-0.05, 0) is 65.1 Å². The highest BCUT2D eigenvalue weighted by molar-refractivity contribution is 5.34. The first-order valence-electron chi connectivity index (χ1n) is 7.53. The zero-order chi connectivity index (χ0) is 15.0. The Bertz CT molecular complexity index is 406. The fourth-order valence-corrected chi connectivity index (χ4v) is 2.07. The highest BCUT2D eigenvalue weighted by Crippen LogP contribution is 2.21. The number of hydrogen-bond acceptors (Lipinski definition) is 2. The molecule has 0 amide bonds. The van der Waals surface area contributed by atoms with Gasteiger partial charge in [-0.15, -0.1) is 6.58 Å². The third-order valence-corrected chi connectivity index (χ3v) is 3.11. The number of para-hydroxylation sites is 1. The van der Waals surface area contributed by atoms with E-state index in [1.807, 2.05) is 24.3 Å². The van der Waals surface area contributed by atoms with Gasteiger partial charge in [-0.25, -0.2) is 0 Å². The summed E-state index contributed by atoms with van der Waals surface area (Å²) in [6.45, 7) is 13.5. The summed E-state index contributed by atoms with van der Waals surface area (Å²) in [5, 5.41) is 3.50. The van der Waals surface area contributed by atoms with Crippen molar-refractivity contribution in [3.63, 3.8) is 0 Å². The zero-order valence-corrected chi connectivity index (χ0v) is 13.4. The van der Waals surface area contributed by atoms with Crippen LogP contribution in [-0.4, -0.2) is 18.2 Å². The number of benzene rings is 1. The van der Waals surface area contributed by atoms with E-state index in [0.717, 1.165) is 31.6 Å². The molecule has 2 nitrogen and oxygen atoms in total. The van der Waals surface area contributed by atoms with E-state index in [1.54, 1.807) is 0 Å². The molecule has 0 saturated carbocycles. The van der Waals surface area contributed by atoms with Crippen LogP contribution in [0.2, 0.25) is 0 Å². The smallest absolute Gasteiger partial charge is 0.123 e. The molecule has 1 aromatic carbocycles. The SMILES string of the molecule is C=CCc1ccccc1OC(C)CCCNC(C)(C)C. The molecule has 0 aliphatic carbocycles. The van der Waals surface area contributed by atoms with Gasteiger partial charge in [0, 0.05) is 5.54 Å². The van der Waals surface area contributed by atoms with Crippen molar-refractivity contribution in [1.82, 2.24) is 5.32 Å². The van der Waals surface area contributed by atoms with Gasteiger partial charge in [0.1, 0.15) is 5.75 Å². The van der Waals surface area contributed by atoms with Gasteiger partial charge >= 0.3 is 0 Å². The van der Waals surface area contributed by atoms with Crippen molar-refractivity contribution in [1.29, 1.82) is 0 Å². The van der Waals surface area contributed by atoms with E-state index in [1.165, 1.54) is 5.56 Å². The van der Waals surface area contributed by atoms with Crippen LogP contribution in [0, 0.1) is 0 Å². The Kier molecular flexibility index (Phi) is 6.80. The Morgan fingerprint density at radius 2 is 2.00 bits per heavy atom. The summed E-state index contributed by atoms with van der Waals surface area (Å²) in [5.41, 5.74) is 1.41. The van der Waals surface area contributed by atoms with E-state index < -0.39 is 0 Å². The normalized spacial score (nSPS) is 13.0. The maximum atomic E-state index is 6.05. The van der Waals surface area contributed by atoms with E-state index in [9.17, 15) is 0 Å². The minimum Gasteiger partial charge on any atom is -0.490 e. The largest absolute Gasteiger partial charge is 0.490 e. The molecule has 1 unspecified atom stereocenters. The van der Waals surface area contributed by atoms with E-state index in [2.05, 4.69) is 45.7 Å². The first-order valence-corrected chi connectivity index (χ1v) is 7.53. The Morgan fingerprint density at radius 3 is 2.65 bits per heavy atom. The van der Waals surface area contributed by atoms with Crippen LogP contribution in [-0.2, 0) is 6.42 Å². The molecule has 2 heteroatoms. The lowest BCUT2D eigenvalue weighted by molar-refractivity contribution is 0.204. The molecule has 1 rings (SSSR count). The van der Waals surface area contributed by atoms with Crippen LogP contribution in [0.5, 0.6) is 5.75 Å². The predicted molar refractivity (Wildman–Crippen MR) is 87.4 cm³/mol. The van der Waals surface area contributed by atoms with Crippen LogP contribution in [0.25, 0.3) is 0 Å². The Labute approximate surface area is 124 Å². The van der Waals surface area contributed by atoms with Crippen molar-refractivity contribution in [2.45, 2.75) is 58.6 Å². The molecule has 0 fully saturated rings. The molecule has 1 N–H and O–H groups in total. The standard InChI is InChI=1S/C18H29NO/c1-6-10-16-12-7-8-13-17(16)20-15(2)11-9-14-19-18(3,4)5/h6-8,12-13,15,19H,1,9-11,14H2,2-5H3. The summed E-state index contributed by atoms with van der Waals surface area (Å²) in [4.78, 5) is 0. The summed E-state index contributed by atoms with van der Waals surface area (Å²) in [6.07, 6.45) is 5.20. The van der Waals surface area contributed by atoms with Crippen molar-refractivity contribution in [2.75, 3.05) is 6.54 Å². The first kappa shape index (κ1) is 16.8. The molecular weight excluding hydrogens is 246 g/mol. The van der Waals surface area contributed by atoms with Gasteiger partial charge in [0.2, 0.25) is 0 Å². The van der Waals surface area contributed by atoms with Gasteiger partial charge in [-0.3, -0.25) is 0 Å². The van der Waals surface area contributed by atoms with Crippen LogP contribution in [0.1, 0.15) is 46.1 Å². The second-order valence-corrected chi connectivity index (χ2v) is 6.35. The van der Waals surface area contributed by atoms with Crippen LogP contribution in [0.4, 0.5) is 0 Å². The topological polar surface area (TPSA) is 21.3 Å². The molecule has 0 radical (unpaired) electrons. The third kappa shape index (κ3) is 6.76. The van der Waals surface area contributed by atoms with E-state index in [-0.39, 0.29) is 11.6 Å². The van der Waals surface area contributed by atoms with Crippen LogP contribution in [0.3, 0.4) is 0 Å². The number of nitrogens with one attached hydrogen (secondary N) is 1. The van der Waals surface area contributed by atoms with Gasteiger partial charge in [0.15, 0.2) is 0 Å². The van der Waals surface area contributed by atoms with E-state index >= 15 is 0 Å². The second-order valence-electron chi connectivity index (χ2n) is 6.35. The molecule has 0 heterocycles. The third-order valence-electron chi connectivity index (χ3n) is 3.11. The van der Waals surface area contributed by atoms with Crippen LogP contribution < -0.4 is 10.1 Å². The highest BCUT2D eigenvalue weighted by atomic mass is 16.5. The quantitative estimate of drug-likeness (QED) is 0.562. The van der Waals surface area contributed by atoms with Gasteiger partial charge < -0.3 is 10.1 Å². The summed E-state index contributed by atoms with van der Waals surface area (Å²) in [5.74, 6) is 0.990. The number of hydrogen-bond donors (Lipinski definition) is 1. The minimum absolute atomic E-state index is 0.195. The molecule has 0 bridgehead atoms. The lowest BCUT2D eigenvalue weighted by Crippen LogP contribution is -2.36. The van der Waals surface area contributed by atoms with Crippen molar-refractivity contribution in [3.05, 3.63) is 42.5 Å². The summed E-state index contributed by atoms with van der Waals surface area (Å²) >= 11 is 0. The maximum Gasteiger partial charge on any atom is 0.123 e. The predicted octanol–water partition coefficient (Wildman–Crippen LogP) is 4.35. The van der Waals surface area contributed by atoms with Gasteiger partial charge in [-0.1, -0.05) is 24.3 Å². The van der Waals surface area contributed by atoms with Gasteiger partial charge in [0.05, 0.1) is 6.10 Å². The lowest BCUT2D eigenvalue weighted by atomic mass is 10.1. The average molecular weight is 275 g/mol. The first-order chi connectivity index (χ1) is 9.42. The van der Waals surface area contributed by atoms with Crippen LogP contribution >= 0.6 is 0 Å². The fraction of sp³-hybridized carbons (Fsp3) is 0.556. The molecule has 0 aliphatic heterocycles. The molecule has 0 aliphatic rings. The summed E-state index contributed by atoms with van der Waals surface area (Å²) in [7, 11) is 0. The molecular formula is C18H29NO. The number of allylic oxidation sites excluding steroid dienone is 1. The molecule has 0 spiro atoms. The summed E-state index contributed by atoms with van der Waals surface area (Å²) in [6, 6.07) is 8.22. The summed E-state index contributed by atoms with van der Waals surface area (Å²) < 4.78 is 6.05.